The molecule has 0 aliphatic rings. The van der Waals surface area contributed by atoms with Crippen molar-refractivity contribution < 1.29 is 0 Å². The second kappa shape index (κ2) is 12.4. The van der Waals surface area contributed by atoms with E-state index in [1.165, 1.54) is 70.2 Å². The minimum atomic E-state index is 0.858. The van der Waals surface area contributed by atoms with Crippen molar-refractivity contribution in [1.29, 1.82) is 0 Å². The van der Waals surface area contributed by atoms with Gasteiger partial charge in [0.05, 0.1) is 38.6 Å². The van der Waals surface area contributed by atoms with Gasteiger partial charge in [0.2, 0.25) is 0 Å². The lowest BCUT2D eigenvalue weighted by Crippen LogP contribution is -1.98. The van der Waals surface area contributed by atoms with Crippen molar-refractivity contribution in [2.45, 2.75) is 0 Å². The molecule has 0 aliphatic heterocycles. The van der Waals surface area contributed by atoms with E-state index in [0.29, 0.717) is 0 Å². The molecular weight excluding hydrogens is 803 g/mol. The van der Waals surface area contributed by atoms with Crippen LogP contribution in [0.1, 0.15) is 0 Å². The van der Waals surface area contributed by atoms with Gasteiger partial charge in [-0.3, -0.25) is 8.80 Å². The molecule has 0 bridgehead atoms. The van der Waals surface area contributed by atoms with Crippen molar-refractivity contribution in [3.05, 3.63) is 200 Å². The fraction of sp³-hybridized carbons (Fsp3) is 0. The van der Waals surface area contributed by atoms with Crippen LogP contribution in [-0.2, 0) is 0 Å². The van der Waals surface area contributed by atoms with Crippen LogP contribution in [0.5, 0.6) is 0 Å². The molecule has 66 heavy (non-hydrogen) atoms. The number of rotatable bonds is 1. The fourth-order valence-electron chi connectivity index (χ4n) is 11.7. The molecule has 5 nitrogen and oxygen atoms in total. The van der Waals surface area contributed by atoms with E-state index in [9.17, 15) is 0 Å². The van der Waals surface area contributed by atoms with Gasteiger partial charge in [-0.15, -0.1) is 0 Å². The quantitative estimate of drug-likeness (QED) is 0.122. The highest BCUT2D eigenvalue weighted by atomic mass is 15.0. The molecule has 0 saturated carbocycles. The van der Waals surface area contributed by atoms with E-state index in [2.05, 4.69) is 197 Å². The molecule has 0 spiro atoms. The summed E-state index contributed by atoms with van der Waals surface area (Å²) in [5.74, 6) is 0. The summed E-state index contributed by atoms with van der Waals surface area (Å²) in [5, 5.41) is 19.2. The lowest BCUT2D eigenvalue weighted by atomic mass is 9.90. The van der Waals surface area contributed by atoms with Crippen LogP contribution in [0, 0.1) is 0 Å². The normalized spacial score (nSPS) is 12.5. The van der Waals surface area contributed by atoms with Gasteiger partial charge in [0.1, 0.15) is 11.2 Å². The highest BCUT2D eigenvalue weighted by Crippen LogP contribution is 2.46. The predicted octanol–water partition coefficient (Wildman–Crippen LogP) is 15.9. The molecular formula is C61H33N5. The molecule has 0 radical (unpaired) electrons. The Morgan fingerprint density at radius 2 is 0.758 bits per heavy atom. The van der Waals surface area contributed by atoms with E-state index in [1.54, 1.807) is 0 Å². The highest BCUT2D eigenvalue weighted by molar-refractivity contribution is 6.37. The number of pyridine rings is 3. The smallest absolute Gasteiger partial charge is 0.165 e. The standard InChI is InChI=1S/C61H33N5/c1-9-21-48-36(13-1)30-47-55-45-28-27-34(29-46(45)41-17-5-7-19-43(41)56(55)53-32-37-14-2-12-24-51(37)65(53)60(47)63-48)35-25-26-38-33-54-57-42-18-6-3-15-39(42)40-16-4-8-20-44(40)58(57)59-61(66(54)52(38)31-35)64-50-23-11-10-22-49(50)62-59/h1-33H. The Bertz CT molecular complexity index is 4880. The van der Waals surface area contributed by atoms with E-state index >= 15 is 0 Å². The number of fused-ring (bicyclic) bond motifs is 28. The van der Waals surface area contributed by atoms with Crippen LogP contribution in [0.3, 0.4) is 0 Å². The molecule has 0 unspecified atom stereocenters. The molecule has 16 aromatic rings. The Hall–Kier alpha value is -8.93. The third kappa shape index (κ3) is 4.41. The lowest BCUT2D eigenvalue weighted by molar-refractivity contribution is 1.25. The number of nitrogens with zero attached hydrogens (tertiary/aromatic N) is 5. The number of hydrogen-bond donors (Lipinski definition) is 0. The molecule has 0 fully saturated rings. The largest absolute Gasteiger partial charge is 0.293 e. The molecule has 6 aromatic heterocycles. The second-order valence-corrected chi connectivity index (χ2v) is 17.9. The van der Waals surface area contributed by atoms with Gasteiger partial charge in [-0.2, -0.15) is 0 Å². The third-order valence-corrected chi connectivity index (χ3v) is 14.5. The second-order valence-electron chi connectivity index (χ2n) is 17.9. The van der Waals surface area contributed by atoms with Crippen molar-refractivity contribution >= 4 is 142 Å². The molecule has 0 N–H and O–H groups in total. The summed E-state index contributed by atoms with van der Waals surface area (Å²) in [7, 11) is 0. The number of hydrogen-bond acceptors (Lipinski definition) is 3. The van der Waals surface area contributed by atoms with Crippen molar-refractivity contribution in [2.75, 3.05) is 0 Å². The van der Waals surface area contributed by atoms with Crippen molar-refractivity contribution in [3.63, 3.8) is 0 Å². The van der Waals surface area contributed by atoms with Crippen LogP contribution in [-0.4, -0.2) is 23.8 Å². The monoisotopic (exact) mass is 835 g/mol. The Labute approximate surface area is 375 Å². The van der Waals surface area contributed by atoms with Gasteiger partial charge in [0, 0.05) is 43.1 Å². The Morgan fingerprint density at radius 1 is 0.258 bits per heavy atom. The van der Waals surface area contributed by atoms with Gasteiger partial charge < -0.3 is 0 Å². The Balaban J connectivity index is 1.02. The summed E-state index contributed by atoms with van der Waals surface area (Å²) in [6.07, 6.45) is 0. The van der Waals surface area contributed by atoms with Crippen LogP contribution in [0.15, 0.2) is 200 Å². The van der Waals surface area contributed by atoms with Gasteiger partial charge in [-0.25, -0.2) is 15.0 Å². The highest BCUT2D eigenvalue weighted by Gasteiger charge is 2.23. The number of para-hydroxylation sites is 4. The van der Waals surface area contributed by atoms with E-state index in [4.69, 9.17) is 15.0 Å². The Morgan fingerprint density at radius 3 is 1.50 bits per heavy atom. The van der Waals surface area contributed by atoms with E-state index < -0.39 is 0 Å². The molecule has 5 heteroatoms. The SMILES string of the molecule is c1ccc2nc3c(cc2c1)c1c2ccc(-c4ccc5cc6c7c8ccccc8c8ccccc8c7c7nc8ccccc8nc7n6c5c4)cc2c2ccccc2c1c1cc2ccccc2n13. The first-order valence-electron chi connectivity index (χ1n) is 22.6. The van der Waals surface area contributed by atoms with Crippen molar-refractivity contribution in [3.8, 4) is 11.1 Å². The number of aromatic nitrogens is 5. The van der Waals surface area contributed by atoms with E-state index in [0.717, 1.165) is 82.6 Å². The topological polar surface area (TPSA) is 47.5 Å². The molecule has 6 heterocycles. The van der Waals surface area contributed by atoms with Gasteiger partial charge in [-0.1, -0.05) is 146 Å². The Kier molecular flexibility index (Phi) is 6.49. The average Bonchev–Trinajstić information content (AvgIpc) is 3.96. The van der Waals surface area contributed by atoms with Crippen LogP contribution in [0.25, 0.3) is 153 Å². The van der Waals surface area contributed by atoms with Gasteiger partial charge in [0.25, 0.3) is 0 Å². The first kappa shape index (κ1) is 34.5. The summed E-state index contributed by atoms with van der Waals surface area (Å²) < 4.78 is 4.76. The minimum absolute atomic E-state index is 0.858. The summed E-state index contributed by atoms with van der Waals surface area (Å²) in [6.45, 7) is 0. The summed E-state index contributed by atoms with van der Waals surface area (Å²) in [6, 6.07) is 73.0. The van der Waals surface area contributed by atoms with Gasteiger partial charge in [-0.05, 0) is 109 Å². The van der Waals surface area contributed by atoms with Crippen LogP contribution in [0.2, 0.25) is 0 Å². The summed E-state index contributed by atoms with van der Waals surface area (Å²) in [4.78, 5) is 16.3. The maximum atomic E-state index is 5.45. The average molecular weight is 836 g/mol. The minimum Gasteiger partial charge on any atom is -0.293 e. The molecule has 10 aromatic carbocycles. The van der Waals surface area contributed by atoms with Crippen molar-refractivity contribution in [1.82, 2.24) is 23.8 Å². The maximum absolute atomic E-state index is 5.45. The predicted molar refractivity (Wildman–Crippen MR) is 277 cm³/mol. The van der Waals surface area contributed by atoms with Crippen molar-refractivity contribution in [2.24, 2.45) is 0 Å². The first-order valence-corrected chi connectivity index (χ1v) is 22.6. The van der Waals surface area contributed by atoms with Gasteiger partial charge in [0.15, 0.2) is 5.65 Å². The van der Waals surface area contributed by atoms with E-state index in [-0.39, 0.29) is 0 Å². The summed E-state index contributed by atoms with van der Waals surface area (Å²) >= 11 is 0. The molecule has 0 aliphatic carbocycles. The van der Waals surface area contributed by atoms with Gasteiger partial charge >= 0.3 is 0 Å². The zero-order valence-electron chi connectivity index (χ0n) is 35.3. The van der Waals surface area contributed by atoms with Crippen LogP contribution >= 0.6 is 0 Å². The third-order valence-electron chi connectivity index (χ3n) is 14.5. The van der Waals surface area contributed by atoms with Crippen LogP contribution in [0.4, 0.5) is 0 Å². The number of benzene rings is 10. The maximum Gasteiger partial charge on any atom is 0.165 e. The summed E-state index contributed by atoms with van der Waals surface area (Å²) in [5.41, 5.74) is 12.4. The fourth-order valence-corrected chi connectivity index (χ4v) is 11.7. The molecule has 16 rings (SSSR count). The molecule has 0 amide bonds. The first-order chi connectivity index (χ1) is 32.7. The molecule has 0 saturated heterocycles. The molecule has 302 valence electrons. The van der Waals surface area contributed by atoms with Crippen LogP contribution < -0.4 is 0 Å². The molecule has 0 atom stereocenters. The zero-order chi connectivity index (χ0) is 42.8. The van der Waals surface area contributed by atoms with E-state index in [1.807, 2.05) is 12.1 Å². The zero-order valence-corrected chi connectivity index (χ0v) is 35.3. The lowest BCUT2D eigenvalue weighted by Gasteiger charge is -2.17.